The Labute approximate surface area is 172 Å². The van der Waals surface area contributed by atoms with E-state index in [2.05, 4.69) is 9.71 Å². The Morgan fingerprint density at radius 1 is 1.17 bits per heavy atom. The minimum atomic E-state index is -1.33. The van der Waals surface area contributed by atoms with Gasteiger partial charge in [0.2, 0.25) is 0 Å². The van der Waals surface area contributed by atoms with Crippen molar-refractivity contribution in [3.8, 4) is 22.8 Å². The fraction of sp³-hybridized carbons (Fsp3) is 0.100. The molecule has 1 unspecified atom stereocenters. The van der Waals surface area contributed by atoms with Crippen LogP contribution in [0.3, 0.4) is 0 Å². The van der Waals surface area contributed by atoms with Crippen molar-refractivity contribution in [2.24, 2.45) is 7.05 Å². The van der Waals surface area contributed by atoms with Crippen LogP contribution in [0.15, 0.2) is 59.9 Å². The van der Waals surface area contributed by atoms with Gasteiger partial charge in [-0.2, -0.15) is 0 Å². The summed E-state index contributed by atoms with van der Waals surface area (Å²) in [6.07, 6.45) is 5.99. The highest BCUT2D eigenvalue weighted by molar-refractivity contribution is 7.92. The van der Waals surface area contributed by atoms with Crippen LogP contribution in [0.5, 0.6) is 11.5 Å². The molecule has 0 saturated carbocycles. The second-order valence-electron chi connectivity index (χ2n) is 6.52. The van der Waals surface area contributed by atoms with Crippen LogP contribution in [0.1, 0.15) is 0 Å². The Hall–Kier alpha value is -3.37. The first kappa shape index (κ1) is 19.9. The van der Waals surface area contributed by atoms with Crippen molar-refractivity contribution in [1.82, 2.24) is 14.0 Å². The number of halogens is 2. The number of hydrogen-bond acceptors (Lipinski definition) is 5. The summed E-state index contributed by atoms with van der Waals surface area (Å²) in [7, 11) is 1.60. The monoisotopic (exact) mass is 430 g/mol. The number of aromatic nitrogens is 3. The van der Waals surface area contributed by atoms with Crippen molar-refractivity contribution in [2.75, 3.05) is 11.0 Å². The van der Waals surface area contributed by atoms with E-state index in [1.807, 2.05) is 0 Å². The summed E-state index contributed by atoms with van der Waals surface area (Å²) >= 11 is -1.33. The van der Waals surface area contributed by atoms with E-state index in [1.165, 1.54) is 29.4 Å². The fourth-order valence-electron chi connectivity index (χ4n) is 3.05. The smallest absolute Gasteiger partial charge is 0.276 e. The van der Waals surface area contributed by atoms with Gasteiger partial charge in [-0.25, -0.2) is 18.5 Å². The molecule has 30 heavy (non-hydrogen) atoms. The second-order valence-corrected chi connectivity index (χ2v) is 7.64. The lowest BCUT2D eigenvalue weighted by Gasteiger charge is -2.16. The molecule has 10 heteroatoms. The molecule has 4 aromatic rings. The third-order valence-corrected chi connectivity index (χ3v) is 4.91. The molecule has 0 saturated heterocycles. The van der Waals surface area contributed by atoms with E-state index >= 15 is 0 Å². The topological polar surface area (TPSA) is 83.6 Å². The SMILES string of the molecule is Cn1cc(-c2cc(N[S+](C)[O-])ccc2Oc2ccc(F)cc2F)n2cncc2c1=O. The number of imidazole rings is 1. The lowest BCUT2D eigenvalue weighted by molar-refractivity contribution is 0.439. The third-order valence-electron chi connectivity index (χ3n) is 4.38. The van der Waals surface area contributed by atoms with Crippen molar-refractivity contribution >= 4 is 22.6 Å². The van der Waals surface area contributed by atoms with E-state index in [-0.39, 0.29) is 17.1 Å². The molecule has 0 bridgehead atoms. The highest BCUT2D eigenvalue weighted by Crippen LogP contribution is 2.36. The molecular weight excluding hydrogens is 414 g/mol. The van der Waals surface area contributed by atoms with Gasteiger partial charge in [0.25, 0.3) is 5.56 Å². The number of aryl methyl sites for hydroxylation is 1. The molecule has 1 N–H and O–H groups in total. The number of ether oxygens (including phenoxy) is 1. The fourth-order valence-corrected chi connectivity index (χ4v) is 3.51. The quantitative estimate of drug-likeness (QED) is 0.490. The maximum atomic E-state index is 14.2. The van der Waals surface area contributed by atoms with Crippen LogP contribution in [0.4, 0.5) is 14.5 Å². The molecule has 0 spiro atoms. The predicted molar refractivity (Wildman–Crippen MR) is 110 cm³/mol. The van der Waals surface area contributed by atoms with Crippen molar-refractivity contribution in [3.05, 3.63) is 77.1 Å². The zero-order valence-electron chi connectivity index (χ0n) is 15.9. The van der Waals surface area contributed by atoms with Crippen LogP contribution in [0.2, 0.25) is 0 Å². The normalized spacial score (nSPS) is 12.2. The molecule has 4 rings (SSSR count). The zero-order chi connectivity index (χ0) is 21.4. The first-order valence-electron chi connectivity index (χ1n) is 8.72. The Balaban J connectivity index is 1.91. The molecule has 0 aliphatic rings. The van der Waals surface area contributed by atoms with Gasteiger partial charge >= 0.3 is 0 Å². The van der Waals surface area contributed by atoms with Crippen LogP contribution < -0.4 is 15.0 Å². The molecule has 2 aromatic carbocycles. The van der Waals surface area contributed by atoms with E-state index in [9.17, 15) is 18.1 Å². The van der Waals surface area contributed by atoms with Gasteiger partial charge in [0, 0.05) is 24.9 Å². The van der Waals surface area contributed by atoms with E-state index in [0.29, 0.717) is 22.5 Å². The number of nitrogens with zero attached hydrogens (tertiary/aromatic N) is 3. The zero-order valence-corrected chi connectivity index (χ0v) is 16.7. The number of nitrogens with one attached hydrogen (secondary N) is 1. The minimum Gasteiger partial charge on any atom is -0.593 e. The molecular formula is C20H16F2N4O3S. The van der Waals surface area contributed by atoms with Crippen LogP contribution in [-0.4, -0.2) is 24.8 Å². The van der Waals surface area contributed by atoms with Gasteiger partial charge in [-0.15, -0.1) is 0 Å². The Bertz CT molecular complexity index is 1300. The Kier molecular flexibility index (Phi) is 5.18. The van der Waals surface area contributed by atoms with E-state index in [0.717, 1.165) is 12.1 Å². The van der Waals surface area contributed by atoms with Gasteiger partial charge < -0.3 is 13.9 Å². The number of rotatable bonds is 5. The summed E-state index contributed by atoms with van der Waals surface area (Å²) in [6, 6.07) is 7.86. The standard InChI is InChI=1S/C20H16F2N4O3S/c1-25-10-17(26-11-23-9-16(26)20(25)27)14-8-13(24-30(2)28)4-6-18(14)29-19-5-3-12(21)7-15(19)22/h3-11,24H,1-2H3. The number of anilines is 1. The van der Waals surface area contributed by atoms with Crippen molar-refractivity contribution in [2.45, 2.75) is 0 Å². The molecule has 0 amide bonds. The summed E-state index contributed by atoms with van der Waals surface area (Å²) < 4.78 is 50.5. The summed E-state index contributed by atoms with van der Waals surface area (Å²) in [5.41, 5.74) is 1.64. The molecule has 2 heterocycles. The van der Waals surface area contributed by atoms with Crippen LogP contribution in [0.25, 0.3) is 16.8 Å². The maximum Gasteiger partial charge on any atom is 0.276 e. The van der Waals surface area contributed by atoms with E-state index in [4.69, 9.17) is 4.74 Å². The van der Waals surface area contributed by atoms with Crippen molar-refractivity contribution in [1.29, 1.82) is 0 Å². The van der Waals surface area contributed by atoms with Crippen molar-refractivity contribution in [3.63, 3.8) is 0 Å². The van der Waals surface area contributed by atoms with E-state index in [1.54, 1.807) is 35.8 Å². The van der Waals surface area contributed by atoms with Gasteiger partial charge in [-0.1, -0.05) is 0 Å². The average molecular weight is 430 g/mol. The van der Waals surface area contributed by atoms with Gasteiger partial charge in [-0.05, 0) is 30.3 Å². The number of hydrogen-bond donors (Lipinski definition) is 1. The molecule has 7 nitrogen and oxygen atoms in total. The van der Waals surface area contributed by atoms with Crippen LogP contribution in [0, 0.1) is 11.6 Å². The van der Waals surface area contributed by atoms with Gasteiger partial charge in [0.15, 0.2) is 11.6 Å². The third kappa shape index (κ3) is 3.74. The first-order valence-corrected chi connectivity index (χ1v) is 10.3. The molecule has 0 fully saturated rings. The van der Waals surface area contributed by atoms with Gasteiger partial charge in [-0.3, -0.25) is 9.20 Å². The molecule has 2 aromatic heterocycles. The largest absolute Gasteiger partial charge is 0.593 e. The summed E-state index contributed by atoms with van der Waals surface area (Å²) in [5.74, 6) is -1.49. The summed E-state index contributed by atoms with van der Waals surface area (Å²) in [4.78, 5) is 16.4. The highest BCUT2D eigenvalue weighted by Gasteiger charge is 2.17. The minimum absolute atomic E-state index is 0.163. The molecule has 0 aliphatic heterocycles. The average Bonchev–Trinajstić information content (AvgIpc) is 3.18. The lowest BCUT2D eigenvalue weighted by atomic mass is 10.1. The highest BCUT2D eigenvalue weighted by atomic mass is 32.2. The lowest BCUT2D eigenvalue weighted by Crippen LogP contribution is -2.19. The Morgan fingerprint density at radius 3 is 2.67 bits per heavy atom. The number of fused-ring (bicyclic) bond motifs is 1. The molecule has 154 valence electrons. The van der Waals surface area contributed by atoms with Crippen LogP contribution in [-0.2, 0) is 18.4 Å². The summed E-state index contributed by atoms with van der Waals surface area (Å²) in [6.45, 7) is 0. The summed E-state index contributed by atoms with van der Waals surface area (Å²) in [5, 5.41) is 0. The van der Waals surface area contributed by atoms with E-state index < -0.39 is 23.0 Å². The number of benzene rings is 2. The molecule has 0 aliphatic carbocycles. The van der Waals surface area contributed by atoms with Gasteiger partial charge in [0.1, 0.15) is 23.3 Å². The van der Waals surface area contributed by atoms with Crippen molar-refractivity contribution < 1.29 is 18.1 Å². The van der Waals surface area contributed by atoms with Gasteiger partial charge in [0.05, 0.1) is 35.3 Å². The molecule has 0 radical (unpaired) electrons. The van der Waals surface area contributed by atoms with Crippen LogP contribution >= 0.6 is 0 Å². The second kappa shape index (κ2) is 7.81. The molecule has 1 atom stereocenters. The maximum absolute atomic E-state index is 14.2. The first-order chi connectivity index (χ1) is 14.3. The Morgan fingerprint density at radius 2 is 1.93 bits per heavy atom. The predicted octanol–water partition coefficient (Wildman–Crippen LogP) is 3.48.